The molecule has 36 heavy (non-hydrogen) atoms. The van der Waals surface area contributed by atoms with Gasteiger partial charge in [-0.15, -0.1) is 0 Å². The number of carbonyl (C=O) groups is 2. The minimum absolute atomic E-state index is 0.0269. The average Bonchev–Trinajstić information content (AvgIpc) is 3.39. The summed E-state index contributed by atoms with van der Waals surface area (Å²) in [5, 5.41) is 9.13. The van der Waals surface area contributed by atoms with Gasteiger partial charge in [0.1, 0.15) is 0 Å². The number of methoxy groups -OCH3 is 1. The number of amides is 2. The van der Waals surface area contributed by atoms with Crippen LogP contribution in [0.2, 0.25) is 0 Å². The summed E-state index contributed by atoms with van der Waals surface area (Å²) in [5.74, 6) is 1.32. The molecule has 1 atom stereocenters. The standard InChI is InChI=1S/C28H35N3O4S/c1-5-25-26(20-12-15-23(34-4)24(16-20)35-22-8-6-7-9-22)30-31(28(33)36-25)17-19-10-13-21(14-11-19)29-27(32)18(2)3/h10-16,18,22,25H,5-9,17H2,1-4H3,(H,29,32). The molecule has 1 fully saturated rings. The molecule has 2 aromatic rings. The first kappa shape index (κ1) is 26.1. The van der Waals surface area contributed by atoms with Gasteiger partial charge in [-0.2, -0.15) is 5.10 Å². The smallest absolute Gasteiger partial charge is 0.302 e. The number of rotatable bonds is 9. The first-order valence-corrected chi connectivity index (χ1v) is 13.6. The third-order valence-corrected chi connectivity index (χ3v) is 7.74. The largest absolute Gasteiger partial charge is 0.493 e. The fourth-order valence-electron chi connectivity index (χ4n) is 4.36. The second kappa shape index (κ2) is 11.8. The number of ether oxygens (including phenoxy) is 2. The highest BCUT2D eigenvalue weighted by molar-refractivity contribution is 8.14. The molecule has 1 unspecified atom stereocenters. The highest BCUT2D eigenvalue weighted by Gasteiger charge is 2.31. The summed E-state index contributed by atoms with van der Waals surface area (Å²) < 4.78 is 11.9. The Balaban J connectivity index is 1.56. The second-order valence-electron chi connectivity index (χ2n) is 9.55. The number of benzene rings is 2. The van der Waals surface area contributed by atoms with Gasteiger partial charge in [-0.25, -0.2) is 5.01 Å². The van der Waals surface area contributed by atoms with E-state index in [1.807, 2.05) is 56.3 Å². The van der Waals surface area contributed by atoms with Crippen LogP contribution < -0.4 is 14.8 Å². The van der Waals surface area contributed by atoms with Crippen molar-refractivity contribution >= 4 is 34.3 Å². The van der Waals surface area contributed by atoms with Crippen molar-refractivity contribution in [3.63, 3.8) is 0 Å². The SMILES string of the molecule is CCC1SC(=O)N(Cc2ccc(NC(=O)C(C)C)cc2)N=C1c1ccc(OC)c(OC2CCCC2)c1. The number of nitrogens with one attached hydrogen (secondary N) is 1. The molecule has 0 saturated heterocycles. The molecule has 2 aliphatic rings. The fourth-order valence-corrected chi connectivity index (χ4v) is 5.29. The van der Waals surface area contributed by atoms with E-state index in [1.165, 1.54) is 29.6 Å². The van der Waals surface area contributed by atoms with Crippen molar-refractivity contribution in [1.82, 2.24) is 5.01 Å². The molecule has 1 aliphatic carbocycles. The Hall–Kier alpha value is -3.00. The van der Waals surface area contributed by atoms with Crippen molar-refractivity contribution in [1.29, 1.82) is 0 Å². The molecule has 1 heterocycles. The van der Waals surface area contributed by atoms with E-state index in [0.29, 0.717) is 12.3 Å². The molecule has 192 valence electrons. The Kier molecular flexibility index (Phi) is 8.56. The van der Waals surface area contributed by atoms with E-state index in [4.69, 9.17) is 14.6 Å². The molecule has 2 aromatic carbocycles. The number of thioether (sulfide) groups is 1. The molecule has 4 rings (SSSR count). The van der Waals surface area contributed by atoms with Gasteiger partial charge in [0.05, 0.1) is 30.7 Å². The van der Waals surface area contributed by atoms with Crippen LogP contribution in [0, 0.1) is 5.92 Å². The molecule has 0 spiro atoms. The summed E-state index contributed by atoms with van der Waals surface area (Å²) in [6, 6.07) is 13.4. The van der Waals surface area contributed by atoms with Gasteiger partial charge in [-0.3, -0.25) is 9.59 Å². The van der Waals surface area contributed by atoms with Crippen molar-refractivity contribution in [3.05, 3.63) is 53.6 Å². The number of hydrogen-bond acceptors (Lipinski definition) is 6. The van der Waals surface area contributed by atoms with Crippen LogP contribution in [0.3, 0.4) is 0 Å². The summed E-state index contributed by atoms with van der Waals surface area (Å²) in [7, 11) is 1.65. The minimum Gasteiger partial charge on any atom is -0.493 e. The Labute approximate surface area is 217 Å². The lowest BCUT2D eigenvalue weighted by Crippen LogP contribution is -2.34. The average molecular weight is 510 g/mol. The molecule has 0 aromatic heterocycles. The van der Waals surface area contributed by atoms with Crippen molar-refractivity contribution in [2.75, 3.05) is 12.4 Å². The Bertz CT molecular complexity index is 1110. The van der Waals surface area contributed by atoms with E-state index < -0.39 is 0 Å². The van der Waals surface area contributed by atoms with E-state index in [2.05, 4.69) is 12.2 Å². The Morgan fingerprint density at radius 3 is 2.50 bits per heavy atom. The summed E-state index contributed by atoms with van der Waals surface area (Å²) in [5.41, 5.74) is 3.47. The van der Waals surface area contributed by atoms with E-state index >= 15 is 0 Å². The molecule has 2 amide bonds. The van der Waals surface area contributed by atoms with Gasteiger partial charge in [0, 0.05) is 17.2 Å². The van der Waals surface area contributed by atoms with Gasteiger partial charge < -0.3 is 14.8 Å². The van der Waals surface area contributed by atoms with Crippen LogP contribution in [-0.2, 0) is 11.3 Å². The quantitative estimate of drug-likeness (QED) is 0.419. The maximum absolute atomic E-state index is 12.9. The number of hydrazone groups is 1. The molecule has 0 bridgehead atoms. The van der Waals surface area contributed by atoms with Crippen molar-refractivity contribution in [2.45, 2.75) is 70.8 Å². The van der Waals surface area contributed by atoms with Gasteiger partial charge in [0.25, 0.3) is 0 Å². The van der Waals surface area contributed by atoms with Gasteiger partial charge in [-0.05, 0) is 68.0 Å². The fraction of sp³-hybridized carbons (Fsp3) is 0.464. The maximum Gasteiger partial charge on any atom is 0.302 e. The van der Waals surface area contributed by atoms with Crippen LogP contribution in [0.15, 0.2) is 47.6 Å². The van der Waals surface area contributed by atoms with Crippen molar-refractivity contribution in [2.24, 2.45) is 11.0 Å². The summed E-state index contributed by atoms with van der Waals surface area (Å²) in [4.78, 5) is 24.9. The Morgan fingerprint density at radius 1 is 1.14 bits per heavy atom. The Morgan fingerprint density at radius 2 is 1.86 bits per heavy atom. The normalized spacial score (nSPS) is 18.4. The van der Waals surface area contributed by atoms with Crippen LogP contribution in [0.5, 0.6) is 11.5 Å². The molecule has 7 nitrogen and oxygen atoms in total. The van der Waals surface area contributed by atoms with Crippen LogP contribution >= 0.6 is 11.8 Å². The highest BCUT2D eigenvalue weighted by Crippen LogP contribution is 2.36. The summed E-state index contributed by atoms with van der Waals surface area (Å²) >= 11 is 1.31. The van der Waals surface area contributed by atoms with Crippen LogP contribution in [0.4, 0.5) is 10.5 Å². The third kappa shape index (κ3) is 6.22. The number of hydrogen-bond donors (Lipinski definition) is 1. The molecule has 0 radical (unpaired) electrons. The molecule has 8 heteroatoms. The third-order valence-electron chi connectivity index (χ3n) is 6.49. The van der Waals surface area contributed by atoms with E-state index in [9.17, 15) is 9.59 Å². The monoisotopic (exact) mass is 509 g/mol. The lowest BCUT2D eigenvalue weighted by Gasteiger charge is -2.29. The van der Waals surface area contributed by atoms with Crippen molar-refractivity contribution < 1.29 is 19.1 Å². The predicted molar refractivity (Wildman–Crippen MR) is 145 cm³/mol. The second-order valence-corrected chi connectivity index (χ2v) is 10.7. The van der Waals surface area contributed by atoms with Gasteiger partial charge in [0.2, 0.25) is 5.91 Å². The van der Waals surface area contributed by atoms with Gasteiger partial charge >= 0.3 is 5.24 Å². The zero-order valence-electron chi connectivity index (χ0n) is 21.5. The van der Waals surface area contributed by atoms with Crippen LogP contribution in [0.25, 0.3) is 0 Å². The summed E-state index contributed by atoms with van der Waals surface area (Å²) in [6.07, 6.45) is 5.50. The van der Waals surface area contributed by atoms with Crippen molar-refractivity contribution in [3.8, 4) is 11.5 Å². The first-order valence-electron chi connectivity index (χ1n) is 12.7. The van der Waals surface area contributed by atoms with E-state index in [0.717, 1.165) is 47.5 Å². The molecule has 1 N–H and O–H groups in total. The lowest BCUT2D eigenvalue weighted by atomic mass is 10.0. The zero-order chi connectivity index (χ0) is 25.7. The number of carbonyl (C=O) groups excluding carboxylic acids is 2. The molecular formula is C28H35N3O4S. The number of nitrogens with zero attached hydrogens (tertiary/aromatic N) is 2. The van der Waals surface area contributed by atoms with Crippen LogP contribution in [0.1, 0.15) is 64.0 Å². The topological polar surface area (TPSA) is 80.2 Å². The summed E-state index contributed by atoms with van der Waals surface area (Å²) in [6.45, 7) is 6.13. The molecule has 1 saturated carbocycles. The highest BCUT2D eigenvalue weighted by atomic mass is 32.2. The molecular weight excluding hydrogens is 474 g/mol. The van der Waals surface area contributed by atoms with Gasteiger partial charge in [-0.1, -0.05) is 44.7 Å². The molecule has 1 aliphatic heterocycles. The van der Waals surface area contributed by atoms with E-state index in [-0.39, 0.29) is 28.4 Å². The zero-order valence-corrected chi connectivity index (χ0v) is 22.3. The van der Waals surface area contributed by atoms with Crippen LogP contribution in [-0.4, -0.2) is 40.3 Å². The van der Waals surface area contributed by atoms with E-state index in [1.54, 1.807) is 7.11 Å². The first-order chi connectivity index (χ1) is 17.4. The predicted octanol–water partition coefficient (Wildman–Crippen LogP) is 6.46. The lowest BCUT2D eigenvalue weighted by molar-refractivity contribution is -0.118. The minimum atomic E-state index is -0.0889. The maximum atomic E-state index is 12.9. The van der Waals surface area contributed by atoms with Gasteiger partial charge in [0.15, 0.2) is 11.5 Å². The number of anilines is 1.